The first-order valence-corrected chi connectivity index (χ1v) is 12.4. The summed E-state index contributed by atoms with van der Waals surface area (Å²) in [7, 11) is 4.32. The molecule has 0 saturated carbocycles. The van der Waals surface area contributed by atoms with Crippen molar-refractivity contribution in [3.8, 4) is 0 Å². The van der Waals surface area contributed by atoms with Crippen LogP contribution in [0.1, 0.15) is 42.0 Å². The predicted molar refractivity (Wildman–Crippen MR) is 139 cm³/mol. The minimum Gasteiger partial charge on any atom is -0.374 e. The van der Waals surface area contributed by atoms with Gasteiger partial charge in [0.05, 0.1) is 0 Å². The number of piperidine rings is 1. The van der Waals surface area contributed by atoms with E-state index in [0.29, 0.717) is 0 Å². The molecule has 0 amide bonds. The number of likely N-dealkylation sites (tertiary alicyclic amines) is 1. The predicted octanol–water partition coefficient (Wildman–Crippen LogP) is 4.82. The summed E-state index contributed by atoms with van der Waals surface area (Å²) in [5.41, 5.74) is 9.52. The second-order valence-corrected chi connectivity index (χ2v) is 9.80. The number of ketones is 1. The zero-order valence-electron chi connectivity index (χ0n) is 20.2. The Morgan fingerprint density at radius 1 is 0.788 bits per heavy atom. The highest BCUT2D eigenvalue weighted by molar-refractivity contribution is 6.14. The molecule has 3 aliphatic rings. The normalized spacial score (nSPS) is 21.5. The van der Waals surface area contributed by atoms with Gasteiger partial charge in [0, 0.05) is 62.8 Å². The maximum atomic E-state index is 13.5. The number of hydrogen-bond donors (Lipinski definition) is 0. The van der Waals surface area contributed by atoms with Gasteiger partial charge in [-0.3, -0.25) is 9.69 Å². The largest absolute Gasteiger partial charge is 0.374 e. The van der Waals surface area contributed by atoms with Gasteiger partial charge in [-0.25, -0.2) is 0 Å². The standard InChI is InChI=1S/C29H35N3O/c1-4-32-19-25(17-21-9-11-27-23(15-21)7-5-13-30(27)2)29(33)26(20-32)18-22-10-12-28-24(16-22)8-6-14-31(28)3/h9-12,15-18H,4-8,13-14,19-20H2,1-3H3/b25-17+,26-18+. The molecule has 4 heteroatoms. The summed E-state index contributed by atoms with van der Waals surface area (Å²) in [5, 5.41) is 0. The molecule has 2 aromatic rings. The van der Waals surface area contributed by atoms with E-state index in [1.54, 1.807) is 0 Å². The molecule has 3 heterocycles. The lowest BCUT2D eigenvalue weighted by Gasteiger charge is -2.30. The molecule has 5 rings (SSSR count). The first kappa shape index (κ1) is 22.0. The van der Waals surface area contributed by atoms with Crippen LogP contribution in [0.5, 0.6) is 0 Å². The molecular formula is C29H35N3O. The fraction of sp³-hybridized carbons (Fsp3) is 0.414. The van der Waals surface area contributed by atoms with Crippen LogP contribution in [0.15, 0.2) is 47.5 Å². The second-order valence-electron chi connectivity index (χ2n) is 9.80. The average molecular weight is 442 g/mol. The number of hydrogen-bond acceptors (Lipinski definition) is 4. The lowest BCUT2D eigenvalue weighted by Crippen LogP contribution is -2.37. The number of aryl methyl sites for hydroxylation is 2. The van der Waals surface area contributed by atoms with Crippen molar-refractivity contribution in [3.63, 3.8) is 0 Å². The molecule has 3 aliphatic heterocycles. The van der Waals surface area contributed by atoms with Crippen LogP contribution in [0.2, 0.25) is 0 Å². The maximum absolute atomic E-state index is 13.5. The van der Waals surface area contributed by atoms with Crippen molar-refractivity contribution in [3.05, 3.63) is 69.8 Å². The molecule has 0 unspecified atom stereocenters. The SMILES string of the molecule is CCN1C/C(=C\c2ccc3c(c2)CCCN3C)C(=O)/C(=C/c2ccc3c(c2)CCCN3C)C1. The number of fused-ring (bicyclic) bond motifs is 2. The molecule has 172 valence electrons. The molecule has 0 N–H and O–H groups in total. The van der Waals surface area contributed by atoms with Gasteiger partial charge in [0.15, 0.2) is 5.78 Å². The van der Waals surface area contributed by atoms with Crippen molar-refractivity contribution in [1.82, 2.24) is 4.90 Å². The van der Waals surface area contributed by atoms with Gasteiger partial charge in [0.25, 0.3) is 0 Å². The lowest BCUT2D eigenvalue weighted by molar-refractivity contribution is -0.113. The van der Waals surface area contributed by atoms with Crippen LogP contribution >= 0.6 is 0 Å². The Morgan fingerprint density at radius 2 is 1.27 bits per heavy atom. The van der Waals surface area contributed by atoms with Crippen LogP contribution in [-0.2, 0) is 17.6 Å². The van der Waals surface area contributed by atoms with E-state index in [1.807, 2.05) is 0 Å². The third-order valence-electron chi connectivity index (χ3n) is 7.41. The van der Waals surface area contributed by atoms with Gasteiger partial charge >= 0.3 is 0 Å². The van der Waals surface area contributed by atoms with Crippen molar-refractivity contribution in [2.45, 2.75) is 32.6 Å². The van der Waals surface area contributed by atoms with E-state index in [2.05, 4.69) is 84.3 Å². The van der Waals surface area contributed by atoms with Crippen LogP contribution in [0.25, 0.3) is 12.2 Å². The van der Waals surface area contributed by atoms with E-state index < -0.39 is 0 Å². The van der Waals surface area contributed by atoms with E-state index in [-0.39, 0.29) is 5.78 Å². The maximum Gasteiger partial charge on any atom is 0.187 e. The Bertz CT molecular complexity index is 1040. The molecule has 0 bridgehead atoms. The lowest BCUT2D eigenvalue weighted by atomic mass is 9.92. The fourth-order valence-corrected chi connectivity index (χ4v) is 5.53. The molecule has 1 fully saturated rings. The minimum atomic E-state index is 0.198. The number of rotatable bonds is 3. The summed E-state index contributed by atoms with van der Waals surface area (Å²) in [6, 6.07) is 13.3. The van der Waals surface area contributed by atoms with Crippen LogP contribution in [0.4, 0.5) is 11.4 Å². The summed E-state index contributed by atoms with van der Waals surface area (Å²) in [5.74, 6) is 0.198. The Labute approximate surface area is 198 Å². The molecule has 0 radical (unpaired) electrons. The van der Waals surface area contributed by atoms with Gasteiger partial charge < -0.3 is 9.80 Å². The molecule has 0 spiro atoms. The molecule has 0 aliphatic carbocycles. The quantitative estimate of drug-likeness (QED) is 0.638. The fourth-order valence-electron chi connectivity index (χ4n) is 5.53. The first-order valence-electron chi connectivity index (χ1n) is 12.4. The molecule has 0 aromatic heterocycles. The van der Waals surface area contributed by atoms with Gasteiger partial charge in [-0.05, 0) is 90.9 Å². The molecule has 33 heavy (non-hydrogen) atoms. The monoisotopic (exact) mass is 441 g/mol. The van der Waals surface area contributed by atoms with Gasteiger partial charge in [0.1, 0.15) is 0 Å². The van der Waals surface area contributed by atoms with Crippen molar-refractivity contribution in [2.75, 3.05) is 56.6 Å². The van der Waals surface area contributed by atoms with E-state index in [9.17, 15) is 4.79 Å². The molecule has 4 nitrogen and oxygen atoms in total. The summed E-state index contributed by atoms with van der Waals surface area (Å²) in [4.78, 5) is 20.5. The summed E-state index contributed by atoms with van der Waals surface area (Å²) in [6.07, 6.45) is 8.85. The average Bonchev–Trinajstić information content (AvgIpc) is 2.82. The molecule has 2 aromatic carbocycles. The van der Waals surface area contributed by atoms with Crippen molar-refractivity contribution < 1.29 is 4.79 Å². The number of benzene rings is 2. The number of likely N-dealkylation sites (N-methyl/N-ethyl adjacent to an activating group) is 1. The second kappa shape index (κ2) is 9.18. The van der Waals surface area contributed by atoms with E-state index in [0.717, 1.165) is 67.8 Å². The van der Waals surface area contributed by atoms with E-state index in [4.69, 9.17) is 0 Å². The Balaban J connectivity index is 1.45. The van der Waals surface area contributed by atoms with Crippen molar-refractivity contribution in [1.29, 1.82) is 0 Å². The number of Topliss-reactive ketones (excluding diaryl/α,β-unsaturated/α-hetero) is 1. The van der Waals surface area contributed by atoms with Gasteiger partial charge in [0.2, 0.25) is 0 Å². The topological polar surface area (TPSA) is 26.8 Å². The van der Waals surface area contributed by atoms with Crippen LogP contribution in [-0.4, -0.2) is 57.5 Å². The van der Waals surface area contributed by atoms with Crippen molar-refractivity contribution in [2.24, 2.45) is 0 Å². The number of carbonyl (C=O) groups excluding carboxylic acids is 1. The van der Waals surface area contributed by atoms with Crippen LogP contribution < -0.4 is 9.80 Å². The third kappa shape index (κ3) is 4.49. The zero-order valence-corrected chi connectivity index (χ0v) is 20.2. The molecule has 0 atom stereocenters. The highest BCUT2D eigenvalue weighted by Crippen LogP contribution is 2.30. The zero-order chi connectivity index (χ0) is 22.9. The van der Waals surface area contributed by atoms with Crippen molar-refractivity contribution >= 4 is 29.3 Å². The van der Waals surface area contributed by atoms with Gasteiger partial charge in [-0.15, -0.1) is 0 Å². The Kier molecular flexibility index (Phi) is 6.11. The smallest absolute Gasteiger partial charge is 0.187 e. The highest BCUT2D eigenvalue weighted by atomic mass is 16.1. The van der Waals surface area contributed by atoms with Crippen LogP contribution in [0.3, 0.4) is 0 Å². The first-order chi connectivity index (χ1) is 16.0. The molecular weight excluding hydrogens is 406 g/mol. The number of nitrogens with zero attached hydrogens (tertiary/aromatic N) is 3. The van der Waals surface area contributed by atoms with Gasteiger partial charge in [-0.2, -0.15) is 0 Å². The minimum absolute atomic E-state index is 0.198. The Hall–Kier alpha value is -2.85. The van der Waals surface area contributed by atoms with Crippen LogP contribution in [0, 0.1) is 0 Å². The Morgan fingerprint density at radius 3 is 1.73 bits per heavy atom. The number of carbonyl (C=O) groups is 1. The van der Waals surface area contributed by atoms with Gasteiger partial charge in [-0.1, -0.05) is 19.1 Å². The summed E-state index contributed by atoms with van der Waals surface area (Å²) >= 11 is 0. The highest BCUT2D eigenvalue weighted by Gasteiger charge is 2.25. The third-order valence-corrected chi connectivity index (χ3v) is 7.41. The summed E-state index contributed by atoms with van der Waals surface area (Å²) < 4.78 is 0. The summed E-state index contributed by atoms with van der Waals surface area (Å²) in [6.45, 7) is 6.78. The van der Waals surface area contributed by atoms with E-state index >= 15 is 0 Å². The van der Waals surface area contributed by atoms with E-state index in [1.165, 1.54) is 35.3 Å². The number of anilines is 2. The molecule has 1 saturated heterocycles.